The van der Waals surface area contributed by atoms with E-state index in [4.69, 9.17) is 9.47 Å². The zero-order chi connectivity index (χ0) is 21.5. The van der Waals surface area contributed by atoms with Crippen molar-refractivity contribution in [2.75, 3.05) is 19.8 Å². The van der Waals surface area contributed by atoms with E-state index >= 15 is 0 Å². The molecule has 4 rings (SSSR count). The van der Waals surface area contributed by atoms with Crippen molar-refractivity contribution in [3.05, 3.63) is 84.2 Å². The van der Waals surface area contributed by atoms with Crippen molar-refractivity contribution in [1.82, 2.24) is 10.3 Å². The SMILES string of the molecule is CC1(CCOc2ccc(-c3ccc(CC(=O)NCc4ccccc4)nc3)cc2)COC1. The van der Waals surface area contributed by atoms with Gasteiger partial charge in [0.2, 0.25) is 5.91 Å². The molecule has 1 saturated heterocycles. The van der Waals surface area contributed by atoms with E-state index in [0.717, 1.165) is 47.8 Å². The standard InChI is InChI=1S/C26H28N2O3/c1-26(18-30-19-26)13-14-31-24-11-8-21(9-12-24)22-7-10-23(27-17-22)15-25(29)28-16-20-5-3-2-4-6-20/h2-12,17H,13-16,18-19H2,1H3,(H,28,29). The van der Waals surface area contributed by atoms with E-state index in [1.165, 1.54) is 0 Å². The first kappa shape index (κ1) is 21.1. The van der Waals surface area contributed by atoms with Crippen molar-refractivity contribution in [1.29, 1.82) is 0 Å². The molecule has 1 aromatic heterocycles. The van der Waals surface area contributed by atoms with Crippen molar-refractivity contribution in [2.24, 2.45) is 5.41 Å². The highest BCUT2D eigenvalue weighted by Crippen LogP contribution is 2.30. The number of amides is 1. The minimum Gasteiger partial charge on any atom is -0.494 e. The number of rotatable bonds is 9. The molecule has 0 atom stereocenters. The normalized spacial score (nSPS) is 14.5. The highest BCUT2D eigenvalue weighted by Gasteiger charge is 2.32. The average molecular weight is 417 g/mol. The molecule has 0 unspecified atom stereocenters. The van der Waals surface area contributed by atoms with Crippen LogP contribution in [0.3, 0.4) is 0 Å². The van der Waals surface area contributed by atoms with Gasteiger partial charge in [-0.15, -0.1) is 0 Å². The van der Waals surface area contributed by atoms with Crippen LogP contribution >= 0.6 is 0 Å². The predicted octanol–water partition coefficient (Wildman–Crippen LogP) is 4.41. The summed E-state index contributed by atoms with van der Waals surface area (Å²) in [5.74, 6) is 0.834. The van der Waals surface area contributed by atoms with Gasteiger partial charge in [-0.05, 0) is 35.7 Å². The van der Waals surface area contributed by atoms with E-state index in [-0.39, 0.29) is 17.7 Å². The van der Waals surface area contributed by atoms with Crippen LogP contribution in [0, 0.1) is 5.41 Å². The second-order valence-electron chi connectivity index (χ2n) is 8.40. The predicted molar refractivity (Wildman–Crippen MR) is 121 cm³/mol. The molecule has 1 aliphatic heterocycles. The van der Waals surface area contributed by atoms with E-state index in [9.17, 15) is 4.79 Å². The lowest BCUT2D eigenvalue weighted by Gasteiger charge is -2.37. The molecule has 0 bridgehead atoms. The number of nitrogens with one attached hydrogen (secondary N) is 1. The first-order valence-corrected chi connectivity index (χ1v) is 10.7. The van der Waals surface area contributed by atoms with Gasteiger partial charge in [0.1, 0.15) is 5.75 Å². The quantitative estimate of drug-likeness (QED) is 0.561. The van der Waals surface area contributed by atoms with Crippen molar-refractivity contribution in [3.8, 4) is 16.9 Å². The third kappa shape index (κ3) is 5.92. The molecule has 2 aromatic carbocycles. The fourth-order valence-electron chi connectivity index (χ4n) is 3.48. The van der Waals surface area contributed by atoms with E-state index in [2.05, 4.69) is 17.2 Å². The Morgan fingerprint density at radius 2 is 1.77 bits per heavy atom. The second-order valence-corrected chi connectivity index (χ2v) is 8.40. The molecule has 0 spiro atoms. The fraction of sp³-hybridized carbons (Fsp3) is 0.308. The van der Waals surface area contributed by atoms with Crippen LogP contribution in [-0.2, 0) is 22.5 Å². The maximum atomic E-state index is 12.2. The number of aromatic nitrogens is 1. The number of carbonyl (C=O) groups is 1. The summed E-state index contributed by atoms with van der Waals surface area (Å²) in [6.45, 7) is 5.10. The van der Waals surface area contributed by atoms with Gasteiger partial charge in [-0.25, -0.2) is 0 Å². The number of nitrogens with zero attached hydrogens (tertiary/aromatic N) is 1. The first-order valence-electron chi connectivity index (χ1n) is 10.7. The molecule has 0 saturated carbocycles. The van der Waals surface area contributed by atoms with Gasteiger partial charge in [-0.1, -0.05) is 55.5 Å². The number of hydrogen-bond donors (Lipinski definition) is 1. The topological polar surface area (TPSA) is 60.5 Å². The van der Waals surface area contributed by atoms with Crippen LogP contribution in [-0.4, -0.2) is 30.7 Å². The molecule has 31 heavy (non-hydrogen) atoms. The summed E-state index contributed by atoms with van der Waals surface area (Å²) in [6.07, 6.45) is 3.08. The number of ether oxygens (including phenoxy) is 2. The van der Waals surface area contributed by atoms with Gasteiger partial charge in [-0.3, -0.25) is 9.78 Å². The highest BCUT2D eigenvalue weighted by atomic mass is 16.5. The smallest absolute Gasteiger partial charge is 0.226 e. The Labute approximate surface area is 183 Å². The Hall–Kier alpha value is -3.18. The number of benzene rings is 2. The average Bonchev–Trinajstić information content (AvgIpc) is 2.78. The molecule has 5 nitrogen and oxygen atoms in total. The van der Waals surface area contributed by atoms with E-state index in [1.807, 2.05) is 72.9 Å². The molecule has 1 aliphatic rings. The molecule has 1 N–H and O–H groups in total. The molecular formula is C26H28N2O3. The monoisotopic (exact) mass is 416 g/mol. The second kappa shape index (κ2) is 9.75. The van der Waals surface area contributed by atoms with Crippen LogP contribution in [0.15, 0.2) is 72.9 Å². The Balaban J connectivity index is 1.25. The van der Waals surface area contributed by atoms with Crippen molar-refractivity contribution < 1.29 is 14.3 Å². The van der Waals surface area contributed by atoms with E-state index in [1.54, 1.807) is 0 Å². The minimum absolute atomic E-state index is 0.0343. The van der Waals surface area contributed by atoms with Crippen LogP contribution in [0.1, 0.15) is 24.6 Å². The van der Waals surface area contributed by atoms with Gasteiger partial charge < -0.3 is 14.8 Å². The Morgan fingerprint density at radius 1 is 1.03 bits per heavy atom. The summed E-state index contributed by atoms with van der Waals surface area (Å²) in [4.78, 5) is 16.6. The lowest BCUT2D eigenvalue weighted by atomic mass is 9.85. The summed E-state index contributed by atoms with van der Waals surface area (Å²) >= 11 is 0. The minimum atomic E-state index is -0.0343. The van der Waals surface area contributed by atoms with Crippen molar-refractivity contribution >= 4 is 5.91 Å². The molecule has 1 fully saturated rings. The lowest BCUT2D eigenvalue weighted by Crippen LogP contribution is -2.40. The third-order valence-corrected chi connectivity index (χ3v) is 5.56. The van der Waals surface area contributed by atoms with Crippen molar-refractivity contribution in [3.63, 3.8) is 0 Å². The maximum absolute atomic E-state index is 12.2. The number of carbonyl (C=O) groups excluding carboxylic acids is 1. The summed E-state index contributed by atoms with van der Waals surface area (Å²) < 4.78 is 11.2. The third-order valence-electron chi connectivity index (χ3n) is 5.56. The van der Waals surface area contributed by atoms with Gasteiger partial charge >= 0.3 is 0 Å². The molecule has 2 heterocycles. The van der Waals surface area contributed by atoms with Crippen LogP contribution in [0.25, 0.3) is 11.1 Å². The molecule has 5 heteroatoms. The largest absolute Gasteiger partial charge is 0.494 e. The lowest BCUT2D eigenvalue weighted by molar-refractivity contribution is -0.120. The number of hydrogen-bond acceptors (Lipinski definition) is 4. The fourth-order valence-corrected chi connectivity index (χ4v) is 3.48. The summed E-state index contributed by atoms with van der Waals surface area (Å²) in [5.41, 5.74) is 4.19. The van der Waals surface area contributed by atoms with Gasteiger partial charge in [-0.2, -0.15) is 0 Å². The molecule has 3 aromatic rings. The van der Waals surface area contributed by atoms with Gasteiger partial charge in [0.05, 0.1) is 26.2 Å². The maximum Gasteiger partial charge on any atom is 0.226 e. The van der Waals surface area contributed by atoms with Crippen LogP contribution < -0.4 is 10.1 Å². The van der Waals surface area contributed by atoms with E-state index in [0.29, 0.717) is 13.2 Å². The van der Waals surface area contributed by atoms with Crippen molar-refractivity contribution in [2.45, 2.75) is 26.3 Å². The van der Waals surface area contributed by atoms with Crippen LogP contribution in [0.4, 0.5) is 0 Å². The molecule has 0 radical (unpaired) electrons. The zero-order valence-electron chi connectivity index (χ0n) is 17.8. The van der Waals surface area contributed by atoms with Crippen LogP contribution in [0.2, 0.25) is 0 Å². The first-order chi connectivity index (χ1) is 15.1. The summed E-state index contributed by atoms with van der Waals surface area (Å²) in [6, 6.07) is 21.8. The zero-order valence-corrected chi connectivity index (χ0v) is 17.8. The van der Waals surface area contributed by atoms with Gasteiger partial charge in [0.25, 0.3) is 0 Å². The summed E-state index contributed by atoms with van der Waals surface area (Å²) in [5, 5.41) is 2.93. The highest BCUT2D eigenvalue weighted by molar-refractivity contribution is 5.78. The summed E-state index contributed by atoms with van der Waals surface area (Å²) in [7, 11) is 0. The van der Waals surface area contributed by atoms with Crippen LogP contribution in [0.5, 0.6) is 5.75 Å². The van der Waals surface area contributed by atoms with Gasteiger partial charge in [0, 0.05) is 29.4 Å². The number of pyridine rings is 1. The molecule has 160 valence electrons. The molecule has 0 aliphatic carbocycles. The Morgan fingerprint density at radius 3 is 2.42 bits per heavy atom. The van der Waals surface area contributed by atoms with Gasteiger partial charge in [0.15, 0.2) is 0 Å². The molecule has 1 amide bonds. The Bertz CT molecular complexity index is 981. The Kier molecular flexibility index (Phi) is 6.63. The van der Waals surface area contributed by atoms with E-state index < -0.39 is 0 Å². The molecular weight excluding hydrogens is 388 g/mol.